The van der Waals surface area contributed by atoms with Crippen LogP contribution in [0.1, 0.15) is 13.8 Å². The number of anilines is 1. The van der Waals surface area contributed by atoms with Crippen LogP contribution in [0, 0.1) is 5.82 Å². The van der Waals surface area contributed by atoms with E-state index in [4.69, 9.17) is 4.74 Å². The first kappa shape index (κ1) is 18.9. The third-order valence-electron chi connectivity index (χ3n) is 4.24. The highest BCUT2D eigenvalue weighted by Crippen LogP contribution is 2.29. The third kappa shape index (κ3) is 4.35. The van der Waals surface area contributed by atoms with Crippen LogP contribution in [0.3, 0.4) is 0 Å². The van der Waals surface area contributed by atoms with Crippen LogP contribution in [0.5, 0.6) is 11.6 Å². The summed E-state index contributed by atoms with van der Waals surface area (Å²) in [4.78, 5) is 4.50. The summed E-state index contributed by atoms with van der Waals surface area (Å²) in [5, 5.41) is 17.8. The van der Waals surface area contributed by atoms with Crippen LogP contribution in [0.25, 0.3) is 16.9 Å². The van der Waals surface area contributed by atoms with Gasteiger partial charge in [-0.15, -0.1) is 5.10 Å². The number of halogens is 1. The van der Waals surface area contributed by atoms with E-state index < -0.39 is 11.4 Å². The van der Waals surface area contributed by atoms with E-state index >= 15 is 0 Å². The molecule has 2 heterocycles. The Kier molecular flexibility index (Phi) is 4.90. The molecule has 0 amide bonds. The van der Waals surface area contributed by atoms with Gasteiger partial charge in [0, 0.05) is 24.2 Å². The predicted octanol–water partition coefficient (Wildman–Crippen LogP) is 4.51. The molecule has 148 valence electrons. The number of aromatic nitrogens is 3. The van der Waals surface area contributed by atoms with E-state index in [1.54, 1.807) is 42.8 Å². The van der Waals surface area contributed by atoms with Gasteiger partial charge in [-0.1, -0.05) is 36.4 Å². The molecule has 2 aromatic heterocycles. The fourth-order valence-electron chi connectivity index (χ4n) is 2.89. The second kappa shape index (κ2) is 7.52. The minimum absolute atomic E-state index is 0.275. The number of hydrogen-bond acceptors (Lipinski definition) is 5. The van der Waals surface area contributed by atoms with Crippen molar-refractivity contribution in [3.8, 4) is 22.9 Å². The van der Waals surface area contributed by atoms with Crippen LogP contribution in [-0.4, -0.2) is 31.9 Å². The molecule has 0 unspecified atom stereocenters. The molecule has 4 rings (SSSR count). The van der Waals surface area contributed by atoms with E-state index in [0.29, 0.717) is 23.6 Å². The topological polar surface area (TPSA) is 71.7 Å². The first-order chi connectivity index (χ1) is 13.9. The van der Waals surface area contributed by atoms with Crippen LogP contribution in [0.2, 0.25) is 0 Å². The lowest BCUT2D eigenvalue weighted by atomic mass is 10.1. The van der Waals surface area contributed by atoms with Gasteiger partial charge in [-0.3, -0.25) is 0 Å². The van der Waals surface area contributed by atoms with E-state index in [9.17, 15) is 9.50 Å². The highest BCUT2D eigenvalue weighted by molar-refractivity contribution is 5.73. The van der Waals surface area contributed by atoms with Gasteiger partial charge in [0.05, 0.1) is 23.2 Å². The largest absolute Gasteiger partial charge is 0.437 e. The number of benzene rings is 2. The number of rotatable bonds is 6. The van der Waals surface area contributed by atoms with Gasteiger partial charge < -0.3 is 15.2 Å². The van der Waals surface area contributed by atoms with E-state index in [1.165, 1.54) is 12.1 Å². The second-order valence-corrected chi connectivity index (χ2v) is 7.37. The van der Waals surface area contributed by atoms with Gasteiger partial charge in [0.25, 0.3) is 0 Å². The van der Waals surface area contributed by atoms with Crippen molar-refractivity contribution in [2.75, 3.05) is 11.9 Å². The molecule has 0 saturated heterocycles. The van der Waals surface area contributed by atoms with Gasteiger partial charge in [0.15, 0.2) is 5.65 Å². The third-order valence-corrected chi connectivity index (χ3v) is 4.24. The maximum Gasteiger partial charge on any atom is 0.239 e. The van der Waals surface area contributed by atoms with Crippen molar-refractivity contribution in [3.63, 3.8) is 0 Å². The fraction of sp³-hybridized carbons (Fsp3) is 0.182. The van der Waals surface area contributed by atoms with E-state index in [1.807, 2.05) is 30.3 Å². The smallest absolute Gasteiger partial charge is 0.239 e. The molecule has 2 N–H and O–H groups in total. The summed E-state index contributed by atoms with van der Waals surface area (Å²) >= 11 is 0. The number of nitrogens with one attached hydrogen (secondary N) is 1. The maximum atomic E-state index is 13.5. The van der Waals surface area contributed by atoms with Crippen molar-refractivity contribution in [2.24, 2.45) is 0 Å². The van der Waals surface area contributed by atoms with Gasteiger partial charge in [-0.05, 0) is 26.0 Å². The van der Waals surface area contributed by atoms with Crippen molar-refractivity contribution in [3.05, 3.63) is 72.7 Å². The summed E-state index contributed by atoms with van der Waals surface area (Å²) < 4.78 is 21.0. The molecule has 2 aromatic carbocycles. The molecule has 0 bridgehead atoms. The van der Waals surface area contributed by atoms with Crippen molar-refractivity contribution >= 4 is 11.3 Å². The molecule has 0 radical (unpaired) electrons. The number of ether oxygens (including phenoxy) is 1. The van der Waals surface area contributed by atoms with Crippen LogP contribution in [0.15, 0.2) is 66.9 Å². The minimum Gasteiger partial charge on any atom is -0.437 e. The number of fused-ring (bicyclic) bond motifs is 1. The lowest BCUT2D eigenvalue weighted by Crippen LogP contribution is -2.29. The SMILES string of the molecule is CC(C)(O)CNc1cc(Oc2cccc(F)c2)nn2c(-c3ccccc3)cnc12. The number of imidazole rings is 1. The van der Waals surface area contributed by atoms with Crippen molar-refractivity contribution < 1.29 is 14.2 Å². The zero-order valence-electron chi connectivity index (χ0n) is 16.1. The minimum atomic E-state index is -0.918. The van der Waals surface area contributed by atoms with E-state index in [0.717, 1.165) is 11.3 Å². The molecular formula is C22H21FN4O2. The molecular weight excluding hydrogens is 371 g/mol. The monoisotopic (exact) mass is 392 g/mol. The van der Waals surface area contributed by atoms with Crippen molar-refractivity contribution in [1.82, 2.24) is 14.6 Å². The van der Waals surface area contributed by atoms with Gasteiger partial charge in [-0.2, -0.15) is 0 Å². The summed E-state index contributed by atoms with van der Waals surface area (Å²) in [6.07, 6.45) is 1.74. The summed E-state index contributed by atoms with van der Waals surface area (Å²) in [7, 11) is 0. The van der Waals surface area contributed by atoms with E-state index in [2.05, 4.69) is 15.4 Å². The van der Waals surface area contributed by atoms with Crippen molar-refractivity contribution in [2.45, 2.75) is 19.4 Å². The molecule has 0 fully saturated rings. The molecule has 0 aliphatic rings. The predicted molar refractivity (Wildman–Crippen MR) is 110 cm³/mol. The van der Waals surface area contributed by atoms with Crippen LogP contribution in [-0.2, 0) is 0 Å². The number of aliphatic hydroxyl groups is 1. The first-order valence-electron chi connectivity index (χ1n) is 9.23. The Bertz CT molecular complexity index is 1140. The zero-order valence-corrected chi connectivity index (χ0v) is 16.1. The Morgan fingerprint density at radius 1 is 1.10 bits per heavy atom. The summed E-state index contributed by atoms with van der Waals surface area (Å²) in [5.74, 6) is 0.222. The summed E-state index contributed by atoms with van der Waals surface area (Å²) in [6, 6.07) is 17.3. The molecule has 29 heavy (non-hydrogen) atoms. The molecule has 4 aromatic rings. The Morgan fingerprint density at radius 2 is 1.90 bits per heavy atom. The van der Waals surface area contributed by atoms with Crippen molar-refractivity contribution in [1.29, 1.82) is 0 Å². The Labute approximate surface area is 167 Å². The van der Waals surface area contributed by atoms with Crippen LogP contribution < -0.4 is 10.1 Å². The lowest BCUT2D eigenvalue weighted by molar-refractivity contribution is 0.0945. The average molecular weight is 392 g/mol. The fourth-order valence-corrected chi connectivity index (χ4v) is 2.89. The molecule has 7 heteroatoms. The summed E-state index contributed by atoms with van der Waals surface area (Å²) in [5.41, 5.74) is 2.06. The molecule has 0 aliphatic carbocycles. The molecule has 0 atom stereocenters. The highest BCUT2D eigenvalue weighted by atomic mass is 19.1. The van der Waals surface area contributed by atoms with E-state index in [-0.39, 0.29) is 5.88 Å². The average Bonchev–Trinajstić information content (AvgIpc) is 3.10. The second-order valence-electron chi connectivity index (χ2n) is 7.37. The first-order valence-corrected chi connectivity index (χ1v) is 9.23. The Hall–Kier alpha value is -3.45. The van der Waals surface area contributed by atoms with Gasteiger partial charge in [0.2, 0.25) is 5.88 Å². The standard InChI is InChI=1S/C22H21FN4O2/c1-22(2,28)14-25-18-12-20(29-17-10-6-9-16(23)11-17)26-27-19(13-24-21(18)27)15-7-4-3-5-8-15/h3-13,25,28H,14H2,1-2H3. The summed E-state index contributed by atoms with van der Waals surface area (Å²) in [6.45, 7) is 3.73. The molecule has 0 aliphatic heterocycles. The lowest BCUT2D eigenvalue weighted by Gasteiger charge is -2.19. The van der Waals surface area contributed by atoms with Crippen LogP contribution >= 0.6 is 0 Å². The maximum absolute atomic E-state index is 13.5. The zero-order chi connectivity index (χ0) is 20.4. The normalized spacial score (nSPS) is 11.6. The molecule has 0 saturated carbocycles. The highest BCUT2D eigenvalue weighted by Gasteiger charge is 2.17. The Balaban J connectivity index is 1.80. The molecule has 6 nitrogen and oxygen atoms in total. The van der Waals surface area contributed by atoms with Gasteiger partial charge >= 0.3 is 0 Å². The number of hydrogen-bond donors (Lipinski definition) is 2. The number of nitrogens with zero attached hydrogens (tertiary/aromatic N) is 3. The quantitative estimate of drug-likeness (QED) is 0.505. The Morgan fingerprint density at radius 3 is 2.62 bits per heavy atom. The van der Waals surface area contributed by atoms with Gasteiger partial charge in [-0.25, -0.2) is 13.9 Å². The van der Waals surface area contributed by atoms with Crippen LogP contribution in [0.4, 0.5) is 10.1 Å². The van der Waals surface area contributed by atoms with Gasteiger partial charge in [0.1, 0.15) is 11.6 Å². The molecule has 0 spiro atoms.